The number of ether oxygens (including phenoxy) is 1. The molecule has 1 saturated heterocycles. The molecule has 0 saturated carbocycles. The molecule has 80 valence electrons. The molecule has 1 aromatic carbocycles. The standard InChI is InChI=1S/C12H15NOS/c1-3-12(2)10(13-11(15)14-12)9-7-5-4-6-8-9/h4-8,10H,3H2,1-2H3,(H,13,15)/t10-,12-/m0/s1. The van der Waals surface area contributed by atoms with E-state index in [1.807, 2.05) is 18.2 Å². The maximum absolute atomic E-state index is 5.69. The minimum Gasteiger partial charge on any atom is -0.462 e. The highest BCUT2D eigenvalue weighted by Gasteiger charge is 2.42. The summed E-state index contributed by atoms with van der Waals surface area (Å²) in [6.07, 6.45) is 0.930. The molecule has 0 aliphatic carbocycles. The van der Waals surface area contributed by atoms with Crippen LogP contribution in [0.25, 0.3) is 0 Å². The number of thiocarbonyl (C=S) groups is 1. The number of rotatable bonds is 2. The molecule has 1 aliphatic rings. The third-order valence-corrected chi connectivity index (χ3v) is 3.23. The van der Waals surface area contributed by atoms with Crippen LogP contribution in [0.3, 0.4) is 0 Å². The van der Waals surface area contributed by atoms with Gasteiger partial charge >= 0.3 is 0 Å². The lowest BCUT2D eigenvalue weighted by atomic mass is 9.89. The lowest BCUT2D eigenvalue weighted by Crippen LogP contribution is -2.32. The molecular formula is C12H15NOS. The molecule has 0 bridgehead atoms. The van der Waals surface area contributed by atoms with Crippen molar-refractivity contribution in [1.82, 2.24) is 5.32 Å². The molecule has 1 aromatic rings. The Bertz CT molecular complexity index is 365. The highest BCUT2D eigenvalue weighted by atomic mass is 32.1. The van der Waals surface area contributed by atoms with Crippen molar-refractivity contribution in [3.63, 3.8) is 0 Å². The van der Waals surface area contributed by atoms with Gasteiger partial charge in [-0.1, -0.05) is 37.3 Å². The summed E-state index contributed by atoms with van der Waals surface area (Å²) >= 11 is 5.08. The lowest BCUT2D eigenvalue weighted by Gasteiger charge is -2.27. The van der Waals surface area contributed by atoms with E-state index < -0.39 is 0 Å². The first-order valence-electron chi connectivity index (χ1n) is 5.20. The molecule has 2 nitrogen and oxygen atoms in total. The van der Waals surface area contributed by atoms with Gasteiger partial charge in [-0.3, -0.25) is 0 Å². The average Bonchev–Trinajstić information content (AvgIpc) is 2.56. The molecule has 3 heteroatoms. The summed E-state index contributed by atoms with van der Waals surface area (Å²) in [6, 6.07) is 10.5. The molecular weight excluding hydrogens is 206 g/mol. The van der Waals surface area contributed by atoms with Gasteiger partial charge in [0.2, 0.25) is 0 Å². The van der Waals surface area contributed by atoms with Crippen molar-refractivity contribution in [1.29, 1.82) is 0 Å². The van der Waals surface area contributed by atoms with Crippen LogP contribution in [-0.2, 0) is 4.74 Å². The Hall–Kier alpha value is -1.09. The smallest absolute Gasteiger partial charge is 0.257 e. The topological polar surface area (TPSA) is 21.3 Å². The fraction of sp³-hybridized carbons (Fsp3) is 0.417. The molecule has 0 amide bonds. The largest absolute Gasteiger partial charge is 0.462 e. The summed E-state index contributed by atoms with van der Waals surface area (Å²) in [5, 5.41) is 3.73. The van der Waals surface area contributed by atoms with E-state index in [9.17, 15) is 0 Å². The van der Waals surface area contributed by atoms with E-state index in [2.05, 4.69) is 31.3 Å². The summed E-state index contributed by atoms with van der Waals surface area (Å²) in [7, 11) is 0. The first-order valence-corrected chi connectivity index (χ1v) is 5.61. The van der Waals surface area contributed by atoms with Crippen molar-refractivity contribution >= 4 is 17.4 Å². The van der Waals surface area contributed by atoms with Gasteiger partial charge in [-0.15, -0.1) is 0 Å². The third-order valence-electron chi connectivity index (χ3n) is 3.03. The van der Waals surface area contributed by atoms with E-state index in [0.29, 0.717) is 5.17 Å². The molecule has 1 aliphatic heterocycles. The lowest BCUT2D eigenvalue weighted by molar-refractivity contribution is 0.0806. The first-order chi connectivity index (χ1) is 7.15. The Morgan fingerprint density at radius 2 is 2.07 bits per heavy atom. The van der Waals surface area contributed by atoms with E-state index in [4.69, 9.17) is 17.0 Å². The zero-order chi connectivity index (χ0) is 10.9. The average molecular weight is 221 g/mol. The van der Waals surface area contributed by atoms with Crippen LogP contribution >= 0.6 is 12.2 Å². The molecule has 2 rings (SSSR count). The minimum absolute atomic E-state index is 0.163. The minimum atomic E-state index is -0.224. The predicted molar refractivity (Wildman–Crippen MR) is 64.7 cm³/mol. The summed E-state index contributed by atoms with van der Waals surface area (Å²) in [5.41, 5.74) is 1.00. The second-order valence-electron chi connectivity index (χ2n) is 4.04. The summed E-state index contributed by atoms with van der Waals surface area (Å²) < 4.78 is 5.69. The fourth-order valence-corrected chi connectivity index (χ4v) is 2.24. The van der Waals surface area contributed by atoms with Crippen molar-refractivity contribution < 1.29 is 4.74 Å². The molecule has 15 heavy (non-hydrogen) atoms. The maximum atomic E-state index is 5.69. The number of hydrogen-bond acceptors (Lipinski definition) is 2. The predicted octanol–water partition coefficient (Wildman–Crippen LogP) is 2.80. The highest BCUT2D eigenvalue weighted by Crippen LogP contribution is 2.36. The first kappa shape index (κ1) is 10.4. The van der Waals surface area contributed by atoms with Gasteiger partial charge < -0.3 is 10.1 Å². The molecule has 0 radical (unpaired) electrons. The van der Waals surface area contributed by atoms with E-state index in [1.165, 1.54) is 5.56 Å². The Labute approximate surface area is 95.6 Å². The van der Waals surface area contributed by atoms with Gasteiger partial charge in [-0.05, 0) is 31.1 Å². The van der Waals surface area contributed by atoms with Gasteiger partial charge in [0.05, 0.1) is 6.04 Å². The van der Waals surface area contributed by atoms with Crippen molar-refractivity contribution in [2.45, 2.75) is 31.9 Å². The van der Waals surface area contributed by atoms with Gasteiger partial charge in [-0.25, -0.2) is 0 Å². The normalized spacial score (nSPS) is 29.7. The molecule has 1 heterocycles. The molecule has 1 fully saturated rings. The van der Waals surface area contributed by atoms with Gasteiger partial charge in [0.15, 0.2) is 0 Å². The van der Waals surface area contributed by atoms with Crippen LogP contribution in [0.4, 0.5) is 0 Å². The van der Waals surface area contributed by atoms with Gasteiger partial charge in [-0.2, -0.15) is 0 Å². The molecule has 1 N–H and O–H groups in total. The number of benzene rings is 1. The van der Waals surface area contributed by atoms with E-state index in [-0.39, 0.29) is 11.6 Å². The second-order valence-corrected chi connectivity index (χ2v) is 4.41. The number of nitrogens with one attached hydrogen (secondary N) is 1. The Morgan fingerprint density at radius 1 is 1.40 bits per heavy atom. The van der Waals surface area contributed by atoms with E-state index >= 15 is 0 Å². The zero-order valence-corrected chi connectivity index (χ0v) is 9.80. The maximum Gasteiger partial charge on any atom is 0.257 e. The monoisotopic (exact) mass is 221 g/mol. The molecule has 2 atom stereocenters. The molecule has 0 aromatic heterocycles. The van der Waals surface area contributed by atoms with Crippen LogP contribution in [0, 0.1) is 0 Å². The van der Waals surface area contributed by atoms with Crippen molar-refractivity contribution in [3.05, 3.63) is 35.9 Å². The SMILES string of the molecule is CC[C@]1(C)OC(=S)N[C@H]1c1ccccc1. The van der Waals surface area contributed by atoms with Crippen LogP contribution in [0.1, 0.15) is 31.9 Å². The van der Waals surface area contributed by atoms with Crippen LogP contribution in [0.2, 0.25) is 0 Å². The summed E-state index contributed by atoms with van der Waals surface area (Å²) in [4.78, 5) is 0. The Balaban J connectivity index is 2.33. The van der Waals surface area contributed by atoms with Gasteiger partial charge in [0.1, 0.15) is 5.60 Å². The third kappa shape index (κ3) is 1.84. The number of hydrogen-bond donors (Lipinski definition) is 1. The highest BCUT2D eigenvalue weighted by molar-refractivity contribution is 7.80. The van der Waals surface area contributed by atoms with Gasteiger partial charge in [0, 0.05) is 0 Å². The second kappa shape index (κ2) is 3.81. The van der Waals surface area contributed by atoms with Crippen LogP contribution < -0.4 is 5.32 Å². The van der Waals surface area contributed by atoms with Crippen molar-refractivity contribution in [2.75, 3.05) is 0 Å². The van der Waals surface area contributed by atoms with E-state index in [1.54, 1.807) is 0 Å². The van der Waals surface area contributed by atoms with E-state index in [0.717, 1.165) is 6.42 Å². The zero-order valence-electron chi connectivity index (χ0n) is 8.99. The van der Waals surface area contributed by atoms with Crippen molar-refractivity contribution in [2.24, 2.45) is 0 Å². The van der Waals surface area contributed by atoms with Crippen LogP contribution in [0.15, 0.2) is 30.3 Å². The van der Waals surface area contributed by atoms with Crippen LogP contribution in [0.5, 0.6) is 0 Å². The summed E-state index contributed by atoms with van der Waals surface area (Å²) in [5.74, 6) is 0. The Kier molecular flexibility index (Phi) is 2.65. The van der Waals surface area contributed by atoms with Crippen molar-refractivity contribution in [3.8, 4) is 0 Å². The Morgan fingerprint density at radius 3 is 2.67 bits per heavy atom. The van der Waals surface area contributed by atoms with Gasteiger partial charge in [0.25, 0.3) is 5.17 Å². The van der Waals surface area contributed by atoms with Crippen LogP contribution in [-0.4, -0.2) is 10.8 Å². The fourth-order valence-electron chi connectivity index (χ4n) is 1.93. The molecule has 0 spiro atoms. The quantitative estimate of drug-likeness (QED) is 0.776. The molecule has 0 unspecified atom stereocenters. The summed E-state index contributed by atoms with van der Waals surface area (Å²) in [6.45, 7) is 4.21.